The minimum atomic E-state index is -3.02. The monoisotopic (exact) mass is 570 g/mol. The lowest BCUT2D eigenvalue weighted by atomic mass is 10.0. The molecule has 12 heteroatoms. The fraction of sp³-hybridized carbons (Fsp3) is 0.348. The van der Waals surface area contributed by atoms with Gasteiger partial charge in [0.1, 0.15) is 12.3 Å². The van der Waals surface area contributed by atoms with E-state index >= 15 is 0 Å². The van der Waals surface area contributed by atoms with E-state index in [0.717, 1.165) is 34.5 Å². The Kier molecular flexibility index (Phi) is 8.07. The molecule has 1 N–H and O–H groups in total. The van der Waals surface area contributed by atoms with Crippen LogP contribution in [-0.4, -0.2) is 53.5 Å². The van der Waals surface area contributed by atoms with Crippen LogP contribution in [0.4, 0.5) is 19.3 Å². The number of carbonyl (C=O) groups is 2. The smallest absolute Gasteiger partial charge is 0.433 e. The molecule has 0 spiro atoms. The highest BCUT2D eigenvalue weighted by molar-refractivity contribution is 9.10. The van der Waals surface area contributed by atoms with Gasteiger partial charge in [-0.05, 0) is 43.2 Å². The number of rotatable bonds is 6. The summed E-state index contributed by atoms with van der Waals surface area (Å²) in [5, 5.41) is 8.01. The van der Waals surface area contributed by atoms with Gasteiger partial charge in [-0.3, -0.25) is 10.1 Å². The number of nitrogens with one attached hydrogen (secondary N) is 1. The Balaban J connectivity index is 1.49. The van der Waals surface area contributed by atoms with Crippen LogP contribution in [0, 0.1) is 0 Å². The van der Waals surface area contributed by atoms with Crippen molar-refractivity contribution >= 4 is 50.9 Å². The van der Waals surface area contributed by atoms with E-state index in [2.05, 4.69) is 31.1 Å². The van der Waals surface area contributed by atoms with Crippen LogP contribution in [0.2, 0.25) is 5.02 Å². The third-order valence-corrected chi connectivity index (χ3v) is 6.40. The van der Waals surface area contributed by atoms with Gasteiger partial charge < -0.3 is 14.5 Å². The summed E-state index contributed by atoms with van der Waals surface area (Å²) >= 11 is 9.35. The lowest BCUT2D eigenvalue weighted by Crippen LogP contribution is -2.46. The van der Waals surface area contributed by atoms with Crippen LogP contribution in [0.15, 0.2) is 52.0 Å². The standard InChI is InChI=1S/C23H22BrClF2N4O4/c24-15-7-5-14(6-8-15)21-18(30-11-3-1-2-4-20(30)32)13-31(29-21)35-23(33)28-16-9-10-19(17(25)12-16)34-22(26)27/h5-10,12,18,22H,1-4,11,13H2,(H,28,33). The highest BCUT2D eigenvalue weighted by atomic mass is 79.9. The van der Waals surface area contributed by atoms with E-state index in [1.54, 1.807) is 4.90 Å². The molecule has 8 nitrogen and oxygen atoms in total. The Hall–Kier alpha value is -2.92. The molecule has 0 bridgehead atoms. The minimum Gasteiger partial charge on any atom is -0.433 e. The molecule has 2 aliphatic rings. The summed E-state index contributed by atoms with van der Waals surface area (Å²) in [6.07, 6.45) is 2.33. The number of anilines is 1. The highest BCUT2D eigenvalue weighted by Crippen LogP contribution is 2.29. The SMILES string of the molecule is O=C(Nc1ccc(OC(F)F)c(Cl)c1)ON1CC(N2CCCCCC2=O)C(c2ccc(Br)cc2)=N1. The molecule has 0 aliphatic carbocycles. The summed E-state index contributed by atoms with van der Waals surface area (Å²) in [5.74, 6) is -0.168. The van der Waals surface area contributed by atoms with E-state index in [1.807, 2.05) is 24.3 Å². The Morgan fingerprint density at radius 2 is 1.94 bits per heavy atom. The van der Waals surface area contributed by atoms with Crippen LogP contribution in [0.25, 0.3) is 0 Å². The average Bonchev–Trinajstić information content (AvgIpc) is 3.08. The first-order chi connectivity index (χ1) is 16.8. The number of nitrogens with zero attached hydrogens (tertiary/aromatic N) is 3. The van der Waals surface area contributed by atoms with Crippen LogP contribution in [0.1, 0.15) is 31.2 Å². The third kappa shape index (κ3) is 6.40. The van der Waals surface area contributed by atoms with Crippen LogP contribution >= 0.6 is 27.5 Å². The molecule has 2 aliphatic heterocycles. The fourth-order valence-corrected chi connectivity index (χ4v) is 4.47. The van der Waals surface area contributed by atoms with Gasteiger partial charge in [0.05, 0.1) is 16.8 Å². The van der Waals surface area contributed by atoms with Crippen molar-refractivity contribution in [3.8, 4) is 5.75 Å². The van der Waals surface area contributed by atoms with E-state index < -0.39 is 12.7 Å². The van der Waals surface area contributed by atoms with E-state index in [4.69, 9.17) is 16.4 Å². The first-order valence-corrected chi connectivity index (χ1v) is 12.1. The van der Waals surface area contributed by atoms with Crippen molar-refractivity contribution in [1.29, 1.82) is 0 Å². The van der Waals surface area contributed by atoms with Crippen molar-refractivity contribution in [1.82, 2.24) is 10.1 Å². The summed E-state index contributed by atoms with van der Waals surface area (Å²) in [5.41, 5.74) is 1.65. The van der Waals surface area contributed by atoms with Crippen molar-refractivity contribution < 1.29 is 27.9 Å². The third-order valence-electron chi connectivity index (χ3n) is 5.57. The molecule has 1 fully saturated rings. The maximum atomic E-state index is 12.8. The molecule has 1 atom stereocenters. The van der Waals surface area contributed by atoms with Gasteiger partial charge >= 0.3 is 12.7 Å². The molecule has 0 saturated carbocycles. The molecule has 0 aromatic heterocycles. The zero-order valence-electron chi connectivity index (χ0n) is 18.4. The van der Waals surface area contributed by atoms with E-state index in [1.165, 1.54) is 18.2 Å². The molecule has 4 rings (SSSR count). The van der Waals surface area contributed by atoms with Crippen molar-refractivity contribution in [2.45, 2.75) is 38.3 Å². The largest absolute Gasteiger partial charge is 0.437 e. The first kappa shape index (κ1) is 25.2. The number of hydroxylamine groups is 1. The topological polar surface area (TPSA) is 83.5 Å². The zero-order valence-corrected chi connectivity index (χ0v) is 20.8. The number of hydrazone groups is 1. The second kappa shape index (κ2) is 11.2. The number of halogens is 4. The van der Waals surface area contributed by atoms with Gasteiger partial charge in [-0.2, -0.15) is 8.78 Å². The van der Waals surface area contributed by atoms with E-state index in [9.17, 15) is 18.4 Å². The number of hydrogen-bond donors (Lipinski definition) is 1. The van der Waals surface area contributed by atoms with Crippen LogP contribution in [0.5, 0.6) is 5.75 Å². The number of carbonyl (C=O) groups excluding carboxylic acids is 2. The van der Waals surface area contributed by atoms with Crippen molar-refractivity contribution in [2.75, 3.05) is 18.4 Å². The van der Waals surface area contributed by atoms with Crippen molar-refractivity contribution in [3.63, 3.8) is 0 Å². The van der Waals surface area contributed by atoms with Gasteiger partial charge in [0.15, 0.2) is 0 Å². The van der Waals surface area contributed by atoms with Crippen molar-refractivity contribution in [2.24, 2.45) is 5.10 Å². The van der Waals surface area contributed by atoms with E-state index in [0.29, 0.717) is 18.7 Å². The van der Waals surface area contributed by atoms with E-state index in [-0.39, 0.29) is 35.0 Å². The molecular formula is C23H22BrClF2N4O4. The number of hydrogen-bond acceptors (Lipinski definition) is 6. The summed E-state index contributed by atoms with van der Waals surface area (Å²) in [6.45, 7) is -2.25. The quantitative estimate of drug-likeness (QED) is 0.484. The molecule has 1 saturated heterocycles. The first-order valence-electron chi connectivity index (χ1n) is 10.9. The molecule has 2 aromatic carbocycles. The number of likely N-dealkylation sites (tertiary alicyclic amines) is 1. The lowest BCUT2D eigenvalue weighted by molar-refractivity contribution is -0.134. The van der Waals surface area contributed by atoms with Gasteiger partial charge in [-0.25, -0.2) is 4.79 Å². The Morgan fingerprint density at radius 3 is 2.66 bits per heavy atom. The minimum absolute atomic E-state index is 0.0457. The Bertz CT molecular complexity index is 1120. The molecule has 0 radical (unpaired) electrons. The number of ether oxygens (including phenoxy) is 1. The summed E-state index contributed by atoms with van der Waals surface area (Å²) in [6, 6.07) is 11.0. The second-order valence-electron chi connectivity index (χ2n) is 7.97. The molecule has 186 valence electrons. The fourth-order valence-electron chi connectivity index (χ4n) is 3.98. The molecular weight excluding hydrogens is 550 g/mol. The second-order valence-corrected chi connectivity index (χ2v) is 9.29. The molecule has 2 heterocycles. The summed E-state index contributed by atoms with van der Waals surface area (Å²) < 4.78 is 30.0. The van der Waals surface area contributed by atoms with Crippen LogP contribution in [0.3, 0.4) is 0 Å². The zero-order chi connectivity index (χ0) is 24.9. The molecule has 2 amide bonds. The highest BCUT2D eigenvalue weighted by Gasteiger charge is 2.37. The summed E-state index contributed by atoms with van der Waals surface area (Å²) in [7, 11) is 0. The van der Waals surface area contributed by atoms with Crippen LogP contribution in [-0.2, 0) is 9.63 Å². The lowest BCUT2D eigenvalue weighted by Gasteiger charge is -2.28. The van der Waals surface area contributed by atoms with Gasteiger partial charge in [0, 0.05) is 28.7 Å². The predicted octanol–water partition coefficient (Wildman–Crippen LogP) is 5.66. The van der Waals surface area contributed by atoms with Gasteiger partial charge in [0.2, 0.25) is 5.91 Å². The Morgan fingerprint density at radius 1 is 1.17 bits per heavy atom. The van der Waals surface area contributed by atoms with Crippen LogP contribution < -0.4 is 10.1 Å². The van der Waals surface area contributed by atoms with Gasteiger partial charge in [-0.15, -0.1) is 10.3 Å². The molecule has 1 unspecified atom stereocenters. The number of alkyl halides is 2. The van der Waals surface area contributed by atoms with Gasteiger partial charge in [-0.1, -0.05) is 46.1 Å². The Labute approximate surface area is 213 Å². The normalized spacial score (nSPS) is 18.4. The maximum absolute atomic E-state index is 12.8. The molecule has 2 aromatic rings. The average molecular weight is 572 g/mol. The number of amides is 2. The van der Waals surface area contributed by atoms with Crippen molar-refractivity contribution in [3.05, 3.63) is 57.5 Å². The summed E-state index contributed by atoms with van der Waals surface area (Å²) in [4.78, 5) is 32.5. The number of benzene rings is 2. The molecule has 35 heavy (non-hydrogen) atoms. The predicted molar refractivity (Wildman–Crippen MR) is 130 cm³/mol. The van der Waals surface area contributed by atoms with Gasteiger partial charge in [0.25, 0.3) is 0 Å². The maximum Gasteiger partial charge on any atom is 0.437 e.